The standard InChI is InChI=1S/C64H41N3S3/c1-5-18-43(19-6-1)65(44-20-7-2-8-21-44)47-31-35-59-55(37-47)52-34-30-49(40-61(52)68-59)66(45-22-9-3-10-23-45)50-39-57(63-54-27-15-16-28-58(54)69-62(63)41-50)67(46-24-11-4-12-25-46)48-32-36-60-56(38-48)53-33-29-42-17-13-14-26-51(42)64(53)70-60/h1-41H. The third kappa shape index (κ3) is 6.83. The number of thiophene rings is 3. The summed E-state index contributed by atoms with van der Waals surface area (Å²) in [6.45, 7) is 0. The van der Waals surface area contributed by atoms with E-state index in [1.54, 1.807) is 0 Å². The molecule has 0 saturated heterocycles. The van der Waals surface area contributed by atoms with E-state index in [9.17, 15) is 0 Å². The summed E-state index contributed by atoms with van der Waals surface area (Å²) in [7, 11) is 0. The van der Waals surface area contributed by atoms with Crippen molar-refractivity contribution in [2.45, 2.75) is 0 Å². The predicted octanol–water partition coefficient (Wildman–Crippen LogP) is 20.4. The summed E-state index contributed by atoms with van der Waals surface area (Å²) in [6, 6.07) is 91.1. The fraction of sp³-hybridized carbons (Fsp3) is 0. The summed E-state index contributed by atoms with van der Waals surface area (Å²) in [6.07, 6.45) is 0. The molecule has 3 heterocycles. The van der Waals surface area contributed by atoms with Gasteiger partial charge in [-0.25, -0.2) is 0 Å². The monoisotopic (exact) mass is 947 g/mol. The molecule has 0 aliphatic heterocycles. The van der Waals surface area contributed by atoms with Crippen molar-refractivity contribution in [3.8, 4) is 0 Å². The first kappa shape index (κ1) is 40.8. The van der Waals surface area contributed by atoms with E-state index in [1.807, 2.05) is 34.0 Å². The number of para-hydroxylation sites is 4. The van der Waals surface area contributed by atoms with Gasteiger partial charge in [0, 0.05) is 106 Å². The Labute approximate surface area is 417 Å². The minimum atomic E-state index is 1.10. The number of hydrogen-bond acceptors (Lipinski definition) is 6. The first-order valence-corrected chi connectivity index (χ1v) is 26.0. The molecule has 0 fully saturated rings. The molecule has 0 spiro atoms. The van der Waals surface area contributed by atoms with Crippen molar-refractivity contribution in [3.05, 3.63) is 249 Å². The molecule has 70 heavy (non-hydrogen) atoms. The summed E-state index contributed by atoms with van der Waals surface area (Å²) >= 11 is 5.61. The minimum Gasteiger partial charge on any atom is -0.310 e. The van der Waals surface area contributed by atoms with E-state index in [-0.39, 0.29) is 0 Å². The van der Waals surface area contributed by atoms with Gasteiger partial charge in [0.25, 0.3) is 0 Å². The fourth-order valence-corrected chi connectivity index (χ4v) is 13.9. The third-order valence-electron chi connectivity index (χ3n) is 13.6. The average Bonchev–Trinajstić information content (AvgIpc) is 4.11. The van der Waals surface area contributed by atoms with Crippen LogP contribution in [0.4, 0.5) is 51.2 Å². The van der Waals surface area contributed by atoms with Crippen LogP contribution in [0.2, 0.25) is 0 Å². The lowest BCUT2D eigenvalue weighted by Crippen LogP contribution is -2.13. The van der Waals surface area contributed by atoms with Gasteiger partial charge in [-0.05, 0) is 126 Å². The molecule has 3 nitrogen and oxygen atoms in total. The molecule has 6 heteroatoms. The molecule has 0 unspecified atom stereocenters. The van der Waals surface area contributed by atoms with Crippen LogP contribution in [-0.4, -0.2) is 0 Å². The molecule has 14 rings (SSSR count). The smallest absolute Gasteiger partial charge is 0.0575 e. The second-order valence-electron chi connectivity index (χ2n) is 17.7. The summed E-state index contributed by atoms with van der Waals surface area (Å²) < 4.78 is 7.64. The van der Waals surface area contributed by atoms with Crippen molar-refractivity contribution >= 4 is 156 Å². The second-order valence-corrected chi connectivity index (χ2v) is 20.9. The Morgan fingerprint density at radius 2 is 0.686 bits per heavy atom. The molecular formula is C64H41N3S3. The number of benzene rings is 11. The molecular weight excluding hydrogens is 907 g/mol. The number of hydrogen-bond donors (Lipinski definition) is 0. The zero-order chi connectivity index (χ0) is 46.1. The highest BCUT2D eigenvalue weighted by Gasteiger charge is 2.24. The first-order valence-electron chi connectivity index (χ1n) is 23.6. The van der Waals surface area contributed by atoms with Crippen molar-refractivity contribution in [3.63, 3.8) is 0 Å². The van der Waals surface area contributed by atoms with E-state index < -0.39 is 0 Å². The van der Waals surface area contributed by atoms with Crippen LogP contribution >= 0.6 is 34.0 Å². The molecule has 3 aromatic heterocycles. The normalized spacial score (nSPS) is 11.7. The molecule has 0 aliphatic carbocycles. The molecule has 0 radical (unpaired) electrons. The SMILES string of the molecule is c1ccc(N(c2ccc3c(c2)sc2ccc(N(c4ccccc4)c4ccccc4)cc23)c2cc(N(c3ccccc3)c3ccc4sc5c6ccccc6ccc5c4c3)c3c(c2)sc2ccccc23)cc1. The van der Waals surface area contributed by atoms with Crippen LogP contribution in [0.5, 0.6) is 0 Å². The van der Waals surface area contributed by atoms with Gasteiger partial charge in [-0.2, -0.15) is 0 Å². The number of rotatable bonds is 9. The maximum Gasteiger partial charge on any atom is 0.0575 e. The zero-order valence-corrected chi connectivity index (χ0v) is 40.2. The number of anilines is 9. The van der Waals surface area contributed by atoms with Gasteiger partial charge in [-0.3, -0.25) is 0 Å². The van der Waals surface area contributed by atoms with Gasteiger partial charge >= 0.3 is 0 Å². The molecule has 0 amide bonds. The molecule has 0 bridgehead atoms. The Bertz CT molecular complexity index is 4220. The Morgan fingerprint density at radius 1 is 0.229 bits per heavy atom. The minimum absolute atomic E-state index is 1.10. The van der Waals surface area contributed by atoms with Crippen LogP contribution in [0.1, 0.15) is 0 Å². The molecule has 11 aromatic carbocycles. The van der Waals surface area contributed by atoms with Crippen molar-refractivity contribution in [1.82, 2.24) is 0 Å². The zero-order valence-electron chi connectivity index (χ0n) is 37.7. The lowest BCUT2D eigenvalue weighted by Gasteiger charge is -2.30. The molecule has 0 atom stereocenters. The van der Waals surface area contributed by atoms with Gasteiger partial charge in [-0.15, -0.1) is 34.0 Å². The second kappa shape index (κ2) is 16.8. The highest BCUT2D eigenvalue weighted by Crippen LogP contribution is 2.51. The van der Waals surface area contributed by atoms with E-state index >= 15 is 0 Å². The topological polar surface area (TPSA) is 9.72 Å². The van der Waals surface area contributed by atoms with Gasteiger partial charge in [0.15, 0.2) is 0 Å². The molecule has 14 aromatic rings. The maximum absolute atomic E-state index is 2.49. The van der Waals surface area contributed by atoms with Crippen molar-refractivity contribution in [1.29, 1.82) is 0 Å². The van der Waals surface area contributed by atoms with Crippen LogP contribution in [0.3, 0.4) is 0 Å². The molecule has 0 saturated carbocycles. The molecule has 330 valence electrons. The number of fused-ring (bicyclic) bond motifs is 11. The van der Waals surface area contributed by atoms with Crippen molar-refractivity contribution in [2.24, 2.45) is 0 Å². The molecule has 0 N–H and O–H groups in total. The summed E-state index contributed by atoms with van der Waals surface area (Å²) in [4.78, 5) is 7.27. The van der Waals surface area contributed by atoms with Crippen molar-refractivity contribution < 1.29 is 0 Å². The lowest BCUT2D eigenvalue weighted by atomic mass is 10.0. The summed E-state index contributed by atoms with van der Waals surface area (Å²) in [5, 5.41) is 10.2. The van der Waals surface area contributed by atoms with E-state index in [0.29, 0.717) is 0 Å². The van der Waals surface area contributed by atoms with Gasteiger partial charge in [0.2, 0.25) is 0 Å². The number of nitrogens with zero attached hydrogens (tertiary/aromatic N) is 3. The van der Waals surface area contributed by atoms with Gasteiger partial charge in [0.1, 0.15) is 0 Å². The maximum atomic E-state index is 2.49. The van der Waals surface area contributed by atoms with Gasteiger partial charge < -0.3 is 14.7 Å². The quantitative estimate of drug-likeness (QED) is 0.143. The third-order valence-corrected chi connectivity index (χ3v) is 17.0. The fourth-order valence-electron chi connectivity index (χ4n) is 10.4. The Morgan fingerprint density at radius 3 is 1.36 bits per heavy atom. The summed E-state index contributed by atoms with van der Waals surface area (Å²) in [5.74, 6) is 0. The van der Waals surface area contributed by atoms with E-state index in [0.717, 1.165) is 51.2 Å². The van der Waals surface area contributed by atoms with Gasteiger partial charge in [-0.1, -0.05) is 133 Å². The van der Waals surface area contributed by atoms with Crippen LogP contribution in [-0.2, 0) is 0 Å². The van der Waals surface area contributed by atoms with Crippen LogP contribution in [0, 0.1) is 0 Å². The highest BCUT2D eigenvalue weighted by atomic mass is 32.1. The van der Waals surface area contributed by atoms with Crippen LogP contribution in [0.25, 0.3) is 71.3 Å². The van der Waals surface area contributed by atoms with Gasteiger partial charge in [0.05, 0.1) is 5.69 Å². The average molecular weight is 948 g/mol. The predicted molar refractivity (Wildman–Crippen MR) is 307 cm³/mol. The van der Waals surface area contributed by atoms with E-state index in [4.69, 9.17) is 0 Å². The van der Waals surface area contributed by atoms with Crippen LogP contribution < -0.4 is 14.7 Å². The molecule has 0 aliphatic rings. The largest absolute Gasteiger partial charge is 0.310 e. The van der Waals surface area contributed by atoms with E-state index in [1.165, 1.54) is 71.3 Å². The first-order chi connectivity index (χ1) is 34.7. The Balaban J connectivity index is 0.963. The highest BCUT2D eigenvalue weighted by molar-refractivity contribution is 7.27. The Hall–Kier alpha value is -8.26. The van der Waals surface area contributed by atoms with E-state index in [2.05, 4.69) is 263 Å². The Kier molecular flexibility index (Phi) is 9.76. The van der Waals surface area contributed by atoms with Crippen LogP contribution in [0.15, 0.2) is 249 Å². The van der Waals surface area contributed by atoms with Crippen molar-refractivity contribution in [2.75, 3.05) is 14.7 Å². The summed E-state index contributed by atoms with van der Waals surface area (Å²) in [5.41, 5.74) is 10.1. The lowest BCUT2D eigenvalue weighted by molar-refractivity contribution is 1.27.